The number of nitro benzene ring substituents is 1. The number of hydrogen-bond donors (Lipinski definition) is 0. The summed E-state index contributed by atoms with van der Waals surface area (Å²) in [5, 5.41) is 12.9. The number of nitro groups is 1. The molecule has 0 atom stereocenters. The highest BCUT2D eigenvalue weighted by atomic mass is 16.6. The fourth-order valence-corrected chi connectivity index (χ4v) is 2.67. The number of nitrogens with zero attached hydrogens (tertiary/aromatic N) is 2. The van der Waals surface area contributed by atoms with Gasteiger partial charge < -0.3 is 9.47 Å². The lowest BCUT2D eigenvalue weighted by Crippen LogP contribution is -1.95. The first kappa shape index (κ1) is 15.7. The molecule has 0 fully saturated rings. The highest BCUT2D eigenvalue weighted by molar-refractivity contribution is 5.90. The fourth-order valence-electron chi connectivity index (χ4n) is 2.67. The highest BCUT2D eigenvalue weighted by Gasteiger charge is 2.12. The minimum Gasteiger partial charge on any atom is -0.493 e. The molecular weight excluding hydrogens is 308 g/mol. The van der Waals surface area contributed by atoms with Gasteiger partial charge >= 0.3 is 0 Å². The maximum Gasteiger partial charge on any atom is 0.270 e. The van der Waals surface area contributed by atoms with E-state index in [2.05, 4.69) is 4.98 Å². The van der Waals surface area contributed by atoms with Crippen molar-refractivity contribution in [3.8, 4) is 22.8 Å². The van der Waals surface area contributed by atoms with Crippen LogP contribution in [0.3, 0.4) is 0 Å². The summed E-state index contributed by atoms with van der Waals surface area (Å²) >= 11 is 0. The number of hydrogen-bond acceptors (Lipinski definition) is 5. The SMILES string of the molecule is COc1cc2cc(-c3cccc([N+](=O)[O-])c3)nc(C)c2cc1OC. The summed E-state index contributed by atoms with van der Waals surface area (Å²) in [6, 6.07) is 12.1. The Balaban J connectivity index is 2.20. The Kier molecular flexibility index (Phi) is 4.04. The lowest BCUT2D eigenvalue weighted by molar-refractivity contribution is -0.384. The lowest BCUT2D eigenvalue weighted by Gasteiger charge is -2.12. The molecule has 0 bridgehead atoms. The number of methoxy groups -OCH3 is 2. The van der Waals surface area contributed by atoms with Gasteiger partial charge in [-0.15, -0.1) is 0 Å². The molecule has 0 saturated heterocycles. The van der Waals surface area contributed by atoms with Crippen LogP contribution >= 0.6 is 0 Å². The van der Waals surface area contributed by atoms with Crippen LogP contribution in [-0.2, 0) is 0 Å². The van der Waals surface area contributed by atoms with Gasteiger partial charge in [0.25, 0.3) is 5.69 Å². The maximum atomic E-state index is 11.0. The molecule has 0 N–H and O–H groups in total. The zero-order valence-corrected chi connectivity index (χ0v) is 13.6. The summed E-state index contributed by atoms with van der Waals surface area (Å²) in [6.45, 7) is 1.90. The van der Waals surface area contributed by atoms with Crippen molar-refractivity contribution in [1.82, 2.24) is 4.98 Å². The van der Waals surface area contributed by atoms with E-state index < -0.39 is 4.92 Å². The summed E-state index contributed by atoms with van der Waals surface area (Å²) < 4.78 is 10.7. The highest BCUT2D eigenvalue weighted by Crippen LogP contribution is 2.35. The molecule has 3 rings (SSSR count). The van der Waals surface area contributed by atoms with Gasteiger partial charge in [0.1, 0.15) is 0 Å². The molecular formula is C18H16N2O4. The van der Waals surface area contributed by atoms with Crippen LogP contribution in [0.2, 0.25) is 0 Å². The average Bonchev–Trinajstić information content (AvgIpc) is 2.60. The second kappa shape index (κ2) is 6.16. The standard InChI is InChI=1S/C18H16N2O4/c1-11-15-10-18(24-3)17(23-2)9-13(15)8-16(19-11)12-5-4-6-14(7-12)20(21)22/h4-10H,1-3H3. The van der Waals surface area contributed by atoms with Crippen molar-refractivity contribution in [3.05, 3.63) is 58.3 Å². The second-order valence-electron chi connectivity index (χ2n) is 5.33. The quantitative estimate of drug-likeness (QED) is 0.533. The van der Waals surface area contributed by atoms with E-state index in [-0.39, 0.29) is 5.69 Å². The Morgan fingerprint density at radius 2 is 1.75 bits per heavy atom. The summed E-state index contributed by atoms with van der Waals surface area (Å²) in [5.74, 6) is 1.26. The van der Waals surface area contributed by atoms with Crippen LogP contribution in [0.15, 0.2) is 42.5 Å². The zero-order valence-electron chi connectivity index (χ0n) is 13.6. The molecule has 1 aromatic heterocycles. The molecule has 0 saturated carbocycles. The molecule has 0 amide bonds. The number of benzene rings is 2. The first-order valence-corrected chi connectivity index (χ1v) is 7.31. The monoisotopic (exact) mass is 324 g/mol. The van der Waals surface area contributed by atoms with Crippen molar-refractivity contribution in [2.45, 2.75) is 6.92 Å². The number of non-ortho nitro benzene ring substituents is 1. The van der Waals surface area contributed by atoms with Gasteiger partial charge in [-0.3, -0.25) is 15.1 Å². The number of fused-ring (bicyclic) bond motifs is 1. The van der Waals surface area contributed by atoms with Crippen molar-refractivity contribution in [2.75, 3.05) is 14.2 Å². The predicted octanol–water partition coefficient (Wildman–Crippen LogP) is 4.14. The van der Waals surface area contributed by atoms with Crippen molar-refractivity contribution < 1.29 is 14.4 Å². The second-order valence-corrected chi connectivity index (χ2v) is 5.33. The smallest absolute Gasteiger partial charge is 0.270 e. The molecule has 1 heterocycles. The molecule has 24 heavy (non-hydrogen) atoms. The first-order chi connectivity index (χ1) is 11.5. The van der Waals surface area contributed by atoms with E-state index >= 15 is 0 Å². The van der Waals surface area contributed by atoms with E-state index in [0.717, 1.165) is 16.5 Å². The number of aryl methyl sites for hydroxylation is 1. The van der Waals surface area contributed by atoms with Crippen molar-refractivity contribution in [2.24, 2.45) is 0 Å². The van der Waals surface area contributed by atoms with Crippen LogP contribution in [0.5, 0.6) is 11.5 Å². The molecule has 122 valence electrons. The van der Waals surface area contributed by atoms with Gasteiger partial charge in [0.2, 0.25) is 0 Å². The van der Waals surface area contributed by atoms with E-state index in [1.54, 1.807) is 26.4 Å². The Labute approximate surface area is 138 Å². The molecule has 0 aliphatic heterocycles. The molecule has 6 heteroatoms. The summed E-state index contributed by atoms with van der Waals surface area (Å²) in [5.41, 5.74) is 2.23. The van der Waals surface area contributed by atoms with Gasteiger partial charge in [0.15, 0.2) is 11.5 Å². The van der Waals surface area contributed by atoms with Gasteiger partial charge in [-0.1, -0.05) is 12.1 Å². The Morgan fingerprint density at radius 3 is 2.42 bits per heavy atom. The van der Waals surface area contributed by atoms with Gasteiger partial charge in [-0.25, -0.2) is 0 Å². The number of pyridine rings is 1. The molecule has 3 aromatic rings. The van der Waals surface area contributed by atoms with Crippen LogP contribution in [0, 0.1) is 17.0 Å². The van der Waals surface area contributed by atoms with Crippen molar-refractivity contribution >= 4 is 16.5 Å². The summed E-state index contributed by atoms with van der Waals surface area (Å²) in [4.78, 5) is 15.1. The topological polar surface area (TPSA) is 74.5 Å². The average molecular weight is 324 g/mol. The van der Waals surface area contributed by atoms with Gasteiger partial charge in [0.05, 0.1) is 24.8 Å². The minimum absolute atomic E-state index is 0.0411. The Hall–Kier alpha value is -3.15. The predicted molar refractivity (Wildman–Crippen MR) is 91.7 cm³/mol. The molecule has 0 aliphatic carbocycles. The van der Waals surface area contributed by atoms with E-state index in [4.69, 9.17) is 9.47 Å². The third-order valence-corrected chi connectivity index (χ3v) is 3.88. The molecule has 0 spiro atoms. The fraction of sp³-hybridized carbons (Fsp3) is 0.167. The lowest BCUT2D eigenvalue weighted by atomic mass is 10.0. The van der Waals surface area contributed by atoms with E-state index in [1.165, 1.54) is 12.1 Å². The van der Waals surface area contributed by atoms with Crippen LogP contribution in [-0.4, -0.2) is 24.1 Å². The minimum atomic E-state index is -0.411. The van der Waals surface area contributed by atoms with E-state index in [9.17, 15) is 10.1 Å². The van der Waals surface area contributed by atoms with Gasteiger partial charge in [-0.05, 0) is 30.5 Å². The summed E-state index contributed by atoms with van der Waals surface area (Å²) in [6.07, 6.45) is 0. The number of ether oxygens (including phenoxy) is 2. The Morgan fingerprint density at radius 1 is 1.04 bits per heavy atom. The van der Waals surface area contributed by atoms with E-state index in [1.807, 2.05) is 25.1 Å². The molecule has 0 radical (unpaired) electrons. The van der Waals surface area contributed by atoms with Crippen LogP contribution < -0.4 is 9.47 Å². The van der Waals surface area contributed by atoms with E-state index in [0.29, 0.717) is 22.8 Å². The molecule has 6 nitrogen and oxygen atoms in total. The number of aromatic nitrogens is 1. The van der Waals surface area contributed by atoms with Gasteiger partial charge in [0, 0.05) is 28.8 Å². The van der Waals surface area contributed by atoms with Crippen molar-refractivity contribution in [1.29, 1.82) is 0 Å². The molecule has 0 aliphatic rings. The third-order valence-electron chi connectivity index (χ3n) is 3.88. The van der Waals surface area contributed by atoms with Crippen LogP contribution in [0.1, 0.15) is 5.69 Å². The normalized spacial score (nSPS) is 10.6. The maximum absolute atomic E-state index is 11.0. The summed E-state index contributed by atoms with van der Waals surface area (Å²) in [7, 11) is 3.17. The Bertz CT molecular complexity index is 938. The van der Waals surface area contributed by atoms with Crippen molar-refractivity contribution in [3.63, 3.8) is 0 Å². The van der Waals surface area contributed by atoms with Crippen LogP contribution in [0.4, 0.5) is 5.69 Å². The number of rotatable bonds is 4. The third kappa shape index (κ3) is 2.74. The first-order valence-electron chi connectivity index (χ1n) is 7.31. The zero-order chi connectivity index (χ0) is 17.3. The van der Waals surface area contributed by atoms with Gasteiger partial charge in [-0.2, -0.15) is 0 Å². The largest absolute Gasteiger partial charge is 0.493 e. The molecule has 0 unspecified atom stereocenters. The van der Waals surface area contributed by atoms with Crippen LogP contribution in [0.25, 0.3) is 22.0 Å². The molecule has 2 aromatic carbocycles.